The molecule has 1 aliphatic rings. The first-order valence-electron chi connectivity index (χ1n) is 7.46. The average Bonchev–Trinajstić information content (AvgIpc) is 2.99. The number of carbonyl (C=O) groups excluding carboxylic acids is 1. The number of amides is 1. The number of nitrogens with one attached hydrogen (secondary N) is 2. The number of nitrogens with zero attached hydrogens (tertiary/aromatic N) is 1. The Morgan fingerprint density at radius 1 is 1.36 bits per heavy atom. The molecular formula is C16H27Cl2N3O. The summed E-state index contributed by atoms with van der Waals surface area (Å²) in [5.41, 5.74) is 2.46. The Bertz CT molecular complexity index is 451. The van der Waals surface area contributed by atoms with E-state index < -0.39 is 0 Å². The molecule has 1 fully saturated rings. The highest BCUT2D eigenvalue weighted by molar-refractivity contribution is 5.85. The summed E-state index contributed by atoms with van der Waals surface area (Å²) in [6.45, 7) is 5.70. The van der Waals surface area contributed by atoms with Gasteiger partial charge in [-0.25, -0.2) is 0 Å². The molecule has 1 amide bonds. The van der Waals surface area contributed by atoms with Gasteiger partial charge in [0.2, 0.25) is 5.91 Å². The predicted octanol–water partition coefficient (Wildman–Crippen LogP) is 2.35. The molecule has 0 bridgehead atoms. The molecule has 2 rings (SSSR count). The smallest absolute Gasteiger partial charge is 0.237 e. The van der Waals surface area contributed by atoms with Gasteiger partial charge in [0.25, 0.3) is 0 Å². The molecule has 6 heteroatoms. The largest absolute Gasteiger partial charge is 0.351 e. The third kappa shape index (κ3) is 6.53. The van der Waals surface area contributed by atoms with Gasteiger partial charge in [0, 0.05) is 13.1 Å². The summed E-state index contributed by atoms with van der Waals surface area (Å²) >= 11 is 0. The first-order chi connectivity index (χ1) is 9.69. The SMILES string of the molecule is CCN(C)Cc1cccc(CNC(=O)C2CCCN2)c1.Cl.Cl. The molecule has 1 unspecified atom stereocenters. The average molecular weight is 348 g/mol. The highest BCUT2D eigenvalue weighted by atomic mass is 35.5. The van der Waals surface area contributed by atoms with Gasteiger partial charge in [-0.05, 0) is 44.1 Å². The van der Waals surface area contributed by atoms with Gasteiger partial charge in [0.05, 0.1) is 6.04 Å². The Hall–Kier alpha value is -0.810. The minimum atomic E-state index is 0. The molecule has 1 saturated heterocycles. The third-order valence-electron chi connectivity index (χ3n) is 3.83. The standard InChI is InChI=1S/C16H25N3O.2ClH/c1-3-19(2)12-14-7-4-6-13(10-14)11-18-16(20)15-8-5-9-17-15;;/h4,6-7,10,15,17H,3,5,8-9,11-12H2,1-2H3,(H,18,20);2*1H. The number of halogens is 2. The lowest BCUT2D eigenvalue weighted by Gasteiger charge is -2.15. The van der Waals surface area contributed by atoms with Crippen LogP contribution in [0, 0.1) is 0 Å². The molecular weight excluding hydrogens is 321 g/mol. The lowest BCUT2D eigenvalue weighted by molar-refractivity contribution is -0.122. The van der Waals surface area contributed by atoms with Gasteiger partial charge >= 0.3 is 0 Å². The summed E-state index contributed by atoms with van der Waals surface area (Å²) < 4.78 is 0. The van der Waals surface area contributed by atoms with Crippen molar-refractivity contribution in [2.45, 2.75) is 38.9 Å². The Kier molecular flexibility index (Phi) is 10.4. The zero-order valence-electron chi connectivity index (χ0n) is 13.3. The van der Waals surface area contributed by atoms with E-state index in [2.05, 4.69) is 53.8 Å². The van der Waals surface area contributed by atoms with Gasteiger partial charge < -0.3 is 15.5 Å². The summed E-state index contributed by atoms with van der Waals surface area (Å²) in [5.74, 6) is 0.124. The van der Waals surface area contributed by atoms with E-state index in [9.17, 15) is 4.79 Å². The van der Waals surface area contributed by atoms with Crippen molar-refractivity contribution >= 4 is 30.7 Å². The molecule has 0 spiro atoms. The summed E-state index contributed by atoms with van der Waals surface area (Å²) in [7, 11) is 2.11. The maximum Gasteiger partial charge on any atom is 0.237 e. The molecule has 0 aromatic heterocycles. The minimum Gasteiger partial charge on any atom is -0.351 e. The van der Waals surface area contributed by atoms with Crippen molar-refractivity contribution in [3.63, 3.8) is 0 Å². The van der Waals surface area contributed by atoms with Crippen LogP contribution < -0.4 is 10.6 Å². The molecule has 1 aliphatic heterocycles. The third-order valence-corrected chi connectivity index (χ3v) is 3.83. The number of benzene rings is 1. The van der Waals surface area contributed by atoms with Crippen LogP contribution >= 0.6 is 24.8 Å². The number of hydrogen-bond acceptors (Lipinski definition) is 3. The number of hydrogen-bond donors (Lipinski definition) is 2. The number of rotatable bonds is 6. The second-order valence-electron chi connectivity index (χ2n) is 5.52. The van der Waals surface area contributed by atoms with Crippen molar-refractivity contribution in [3.8, 4) is 0 Å². The zero-order chi connectivity index (χ0) is 14.4. The Balaban J connectivity index is 0.00000220. The van der Waals surface area contributed by atoms with Crippen molar-refractivity contribution in [2.75, 3.05) is 20.1 Å². The van der Waals surface area contributed by atoms with Crippen LogP contribution in [0.15, 0.2) is 24.3 Å². The topological polar surface area (TPSA) is 44.4 Å². The quantitative estimate of drug-likeness (QED) is 0.830. The molecule has 0 aliphatic carbocycles. The van der Waals surface area contributed by atoms with E-state index in [1.165, 1.54) is 11.1 Å². The molecule has 22 heavy (non-hydrogen) atoms. The molecule has 0 saturated carbocycles. The summed E-state index contributed by atoms with van der Waals surface area (Å²) in [6.07, 6.45) is 2.05. The minimum absolute atomic E-state index is 0. The summed E-state index contributed by atoms with van der Waals surface area (Å²) in [5, 5.41) is 6.24. The van der Waals surface area contributed by atoms with Gasteiger partial charge in [-0.1, -0.05) is 31.2 Å². The maximum absolute atomic E-state index is 11.9. The van der Waals surface area contributed by atoms with Crippen molar-refractivity contribution in [2.24, 2.45) is 0 Å². The fourth-order valence-corrected chi connectivity index (χ4v) is 2.48. The van der Waals surface area contributed by atoms with Crippen molar-refractivity contribution < 1.29 is 4.79 Å². The van der Waals surface area contributed by atoms with E-state index in [1.807, 2.05) is 0 Å². The van der Waals surface area contributed by atoms with Gasteiger partial charge in [-0.2, -0.15) is 0 Å². The van der Waals surface area contributed by atoms with Crippen LogP contribution in [0.1, 0.15) is 30.9 Å². The monoisotopic (exact) mass is 347 g/mol. The van der Waals surface area contributed by atoms with E-state index >= 15 is 0 Å². The van der Waals surface area contributed by atoms with Crippen molar-refractivity contribution in [1.82, 2.24) is 15.5 Å². The van der Waals surface area contributed by atoms with Gasteiger partial charge in [0.1, 0.15) is 0 Å². The normalized spacial score (nSPS) is 16.8. The van der Waals surface area contributed by atoms with E-state index in [0.29, 0.717) is 6.54 Å². The van der Waals surface area contributed by atoms with Crippen molar-refractivity contribution in [3.05, 3.63) is 35.4 Å². The second kappa shape index (κ2) is 10.8. The lowest BCUT2D eigenvalue weighted by Crippen LogP contribution is -2.40. The van der Waals surface area contributed by atoms with Crippen LogP contribution in [0.5, 0.6) is 0 Å². The van der Waals surface area contributed by atoms with E-state index in [-0.39, 0.29) is 36.8 Å². The van der Waals surface area contributed by atoms with Gasteiger partial charge in [0.15, 0.2) is 0 Å². The molecule has 0 radical (unpaired) electrons. The van der Waals surface area contributed by atoms with E-state index in [0.717, 1.165) is 32.5 Å². The van der Waals surface area contributed by atoms with E-state index in [4.69, 9.17) is 0 Å². The fourth-order valence-electron chi connectivity index (χ4n) is 2.48. The first kappa shape index (κ1) is 21.2. The summed E-state index contributed by atoms with van der Waals surface area (Å²) in [6, 6.07) is 8.45. The Morgan fingerprint density at radius 2 is 2.09 bits per heavy atom. The Morgan fingerprint density at radius 3 is 2.73 bits per heavy atom. The molecule has 1 heterocycles. The van der Waals surface area contributed by atoms with Gasteiger partial charge in [-0.3, -0.25) is 4.79 Å². The highest BCUT2D eigenvalue weighted by Gasteiger charge is 2.21. The molecule has 1 atom stereocenters. The zero-order valence-corrected chi connectivity index (χ0v) is 14.9. The van der Waals surface area contributed by atoms with E-state index in [1.54, 1.807) is 0 Å². The molecule has 126 valence electrons. The van der Waals surface area contributed by atoms with Crippen LogP contribution in [-0.4, -0.2) is 37.0 Å². The molecule has 4 nitrogen and oxygen atoms in total. The molecule has 1 aromatic rings. The Labute approximate surface area is 145 Å². The van der Waals surface area contributed by atoms with Crippen LogP contribution in [0.2, 0.25) is 0 Å². The van der Waals surface area contributed by atoms with Crippen LogP contribution in [0.4, 0.5) is 0 Å². The maximum atomic E-state index is 11.9. The van der Waals surface area contributed by atoms with Crippen LogP contribution in [0.25, 0.3) is 0 Å². The predicted molar refractivity (Wildman–Crippen MR) is 95.8 cm³/mol. The highest BCUT2D eigenvalue weighted by Crippen LogP contribution is 2.09. The second-order valence-corrected chi connectivity index (χ2v) is 5.52. The van der Waals surface area contributed by atoms with Crippen LogP contribution in [-0.2, 0) is 17.9 Å². The first-order valence-corrected chi connectivity index (χ1v) is 7.46. The molecule has 2 N–H and O–H groups in total. The summed E-state index contributed by atoms with van der Waals surface area (Å²) in [4.78, 5) is 14.2. The van der Waals surface area contributed by atoms with Crippen molar-refractivity contribution in [1.29, 1.82) is 0 Å². The van der Waals surface area contributed by atoms with Gasteiger partial charge in [-0.15, -0.1) is 24.8 Å². The molecule has 1 aromatic carbocycles. The number of carbonyl (C=O) groups is 1. The van der Waals surface area contributed by atoms with Crippen LogP contribution in [0.3, 0.4) is 0 Å². The lowest BCUT2D eigenvalue weighted by atomic mass is 10.1. The fraction of sp³-hybridized carbons (Fsp3) is 0.562.